The van der Waals surface area contributed by atoms with Gasteiger partial charge < -0.3 is 19.8 Å². The Bertz CT molecular complexity index is 1050. The summed E-state index contributed by atoms with van der Waals surface area (Å²) in [6.45, 7) is 0.511. The van der Waals surface area contributed by atoms with Gasteiger partial charge >= 0.3 is 0 Å². The number of hydrogen-bond acceptors (Lipinski definition) is 4. The highest BCUT2D eigenvalue weighted by Gasteiger charge is 2.21. The fraction of sp³-hybridized carbons (Fsp3) is 0.348. The van der Waals surface area contributed by atoms with E-state index in [1.54, 1.807) is 11.7 Å². The molecule has 1 saturated carbocycles. The quantitative estimate of drug-likeness (QED) is 0.614. The van der Waals surface area contributed by atoms with E-state index < -0.39 is 0 Å². The lowest BCUT2D eigenvalue weighted by Crippen LogP contribution is -2.31. The SMILES string of the molecule is COc1ccc(Cn2ccc3cc(O[C@H]4CC[C@@H](N)CC4)c(Br)cc3c2=O)cc1. The molecule has 4 rings (SSSR count). The topological polar surface area (TPSA) is 66.5 Å². The maximum atomic E-state index is 13.0. The Morgan fingerprint density at radius 3 is 2.52 bits per heavy atom. The predicted octanol–water partition coefficient (Wildman–Crippen LogP) is 4.47. The molecular weight excluding hydrogens is 432 g/mol. The van der Waals surface area contributed by atoms with Gasteiger partial charge in [0.05, 0.1) is 24.2 Å². The van der Waals surface area contributed by atoms with Crippen LogP contribution in [0.4, 0.5) is 0 Å². The van der Waals surface area contributed by atoms with Gasteiger partial charge in [-0.05, 0) is 82.9 Å². The molecular formula is C23H25BrN2O3. The third kappa shape index (κ3) is 4.49. The predicted molar refractivity (Wildman–Crippen MR) is 119 cm³/mol. The molecule has 1 aliphatic rings. The third-order valence-electron chi connectivity index (χ3n) is 5.55. The van der Waals surface area contributed by atoms with E-state index >= 15 is 0 Å². The van der Waals surface area contributed by atoms with E-state index in [4.69, 9.17) is 15.2 Å². The zero-order valence-corrected chi connectivity index (χ0v) is 18.0. The van der Waals surface area contributed by atoms with Crippen molar-refractivity contribution in [3.05, 3.63) is 69.1 Å². The van der Waals surface area contributed by atoms with Gasteiger partial charge in [0.15, 0.2) is 0 Å². The van der Waals surface area contributed by atoms with Crippen molar-refractivity contribution in [1.82, 2.24) is 4.57 Å². The largest absolute Gasteiger partial charge is 0.497 e. The highest BCUT2D eigenvalue weighted by atomic mass is 79.9. The second kappa shape index (κ2) is 8.59. The summed E-state index contributed by atoms with van der Waals surface area (Å²) in [7, 11) is 1.64. The number of fused-ring (bicyclic) bond motifs is 1. The van der Waals surface area contributed by atoms with Gasteiger partial charge in [-0.1, -0.05) is 12.1 Å². The van der Waals surface area contributed by atoms with Crippen molar-refractivity contribution < 1.29 is 9.47 Å². The van der Waals surface area contributed by atoms with Crippen LogP contribution in [0, 0.1) is 0 Å². The highest BCUT2D eigenvalue weighted by molar-refractivity contribution is 9.10. The summed E-state index contributed by atoms with van der Waals surface area (Å²) >= 11 is 3.59. The number of nitrogens with two attached hydrogens (primary N) is 1. The van der Waals surface area contributed by atoms with Gasteiger partial charge in [-0.25, -0.2) is 0 Å². The Morgan fingerprint density at radius 1 is 1.10 bits per heavy atom. The van der Waals surface area contributed by atoms with Crippen molar-refractivity contribution in [2.45, 2.75) is 44.4 Å². The molecule has 0 radical (unpaired) electrons. The molecule has 0 spiro atoms. The van der Waals surface area contributed by atoms with Crippen LogP contribution in [0.15, 0.2) is 57.9 Å². The number of hydrogen-bond donors (Lipinski definition) is 1. The normalized spacial score (nSPS) is 19.3. The van der Waals surface area contributed by atoms with Crippen LogP contribution in [0.3, 0.4) is 0 Å². The third-order valence-corrected chi connectivity index (χ3v) is 6.17. The minimum atomic E-state index is -0.0193. The molecule has 6 heteroatoms. The smallest absolute Gasteiger partial charge is 0.258 e. The minimum Gasteiger partial charge on any atom is -0.497 e. The summed E-state index contributed by atoms with van der Waals surface area (Å²) in [5, 5.41) is 1.55. The molecule has 1 heterocycles. The molecule has 29 heavy (non-hydrogen) atoms. The first-order chi connectivity index (χ1) is 14.0. The lowest BCUT2D eigenvalue weighted by atomic mass is 9.94. The van der Waals surface area contributed by atoms with Gasteiger partial charge in [0.1, 0.15) is 11.5 Å². The Balaban J connectivity index is 1.58. The van der Waals surface area contributed by atoms with Gasteiger partial charge in [0, 0.05) is 17.6 Å². The van der Waals surface area contributed by atoms with Crippen LogP contribution in [-0.2, 0) is 6.54 Å². The van der Waals surface area contributed by atoms with Crippen molar-refractivity contribution in [1.29, 1.82) is 0 Å². The van der Waals surface area contributed by atoms with Gasteiger partial charge in [-0.15, -0.1) is 0 Å². The molecule has 1 aromatic heterocycles. The van der Waals surface area contributed by atoms with Crippen molar-refractivity contribution in [2.24, 2.45) is 5.73 Å². The van der Waals surface area contributed by atoms with E-state index in [0.717, 1.165) is 52.6 Å². The van der Waals surface area contributed by atoms with E-state index in [1.165, 1.54) is 0 Å². The number of nitrogens with zero attached hydrogens (tertiary/aromatic N) is 1. The Hall–Kier alpha value is -2.31. The molecule has 5 nitrogen and oxygen atoms in total. The summed E-state index contributed by atoms with van der Waals surface area (Å²) in [5.41, 5.74) is 7.01. The van der Waals surface area contributed by atoms with E-state index in [9.17, 15) is 4.79 Å². The molecule has 0 aliphatic heterocycles. The summed E-state index contributed by atoms with van der Waals surface area (Å²) in [6.07, 6.45) is 5.94. The van der Waals surface area contributed by atoms with E-state index in [0.29, 0.717) is 18.0 Å². The van der Waals surface area contributed by atoms with Crippen molar-refractivity contribution in [3.63, 3.8) is 0 Å². The number of aromatic nitrogens is 1. The van der Waals surface area contributed by atoms with Gasteiger partial charge in [-0.2, -0.15) is 0 Å². The number of benzene rings is 2. The van der Waals surface area contributed by atoms with Crippen LogP contribution in [0.25, 0.3) is 10.8 Å². The number of halogens is 1. The fourth-order valence-corrected chi connectivity index (χ4v) is 4.25. The van der Waals surface area contributed by atoms with Gasteiger partial charge in [0.2, 0.25) is 0 Å². The van der Waals surface area contributed by atoms with Gasteiger partial charge in [-0.3, -0.25) is 4.79 Å². The van der Waals surface area contributed by atoms with Crippen LogP contribution in [0.2, 0.25) is 0 Å². The fourth-order valence-electron chi connectivity index (χ4n) is 3.81. The zero-order chi connectivity index (χ0) is 20.4. The lowest BCUT2D eigenvalue weighted by molar-refractivity contribution is 0.146. The van der Waals surface area contributed by atoms with Crippen LogP contribution in [0.5, 0.6) is 11.5 Å². The first-order valence-corrected chi connectivity index (χ1v) is 10.7. The summed E-state index contributed by atoms with van der Waals surface area (Å²) in [5.74, 6) is 1.58. The Kier molecular flexibility index (Phi) is 5.92. The average Bonchev–Trinajstić information content (AvgIpc) is 2.73. The highest BCUT2D eigenvalue weighted by Crippen LogP contribution is 2.32. The second-order valence-corrected chi connectivity index (χ2v) is 8.48. The summed E-state index contributed by atoms with van der Waals surface area (Å²) < 4.78 is 13.9. The first-order valence-electron chi connectivity index (χ1n) is 9.91. The minimum absolute atomic E-state index is 0.0193. The summed E-state index contributed by atoms with van der Waals surface area (Å²) in [6, 6.07) is 13.8. The standard InChI is InChI=1S/C23H25BrN2O3/c1-28-18-6-2-15(3-7-18)14-26-11-10-16-12-22(21(24)13-20(16)23(26)27)29-19-8-4-17(25)5-9-19/h2-3,6-7,10-13,17,19H,4-5,8-9,14,25H2,1H3/t17-,19+. The van der Waals surface area contributed by atoms with Crippen LogP contribution >= 0.6 is 15.9 Å². The molecule has 0 atom stereocenters. The first kappa shape index (κ1) is 20.0. The van der Waals surface area contributed by atoms with E-state index in [-0.39, 0.29) is 11.7 Å². The Labute approximate surface area is 178 Å². The molecule has 2 aromatic carbocycles. The van der Waals surface area contributed by atoms with Crippen LogP contribution < -0.4 is 20.8 Å². The molecule has 2 N–H and O–H groups in total. The Morgan fingerprint density at radius 2 is 1.83 bits per heavy atom. The van der Waals surface area contributed by atoms with Crippen molar-refractivity contribution >= 4 is 26.7 Å². The molecule has 0 unspecified atom stereocenters. The molecule has 0 saturated heterocycles. The van der Waals surface area contributed by atoms with E-state index in [1.807, 2.05) is 48.7 Å². The number of pyridine rings is 1. The molecule has 0 amide bonds. The second-order valence-electron chi connectivity index (χ2n) is 7.62. The van der Waals surface area contributed by atoms with Crippen LogP contribution in [-0.4, -0.2) is 23.8 Å². The molecule has 1 aliphatic carbocycles. The maximum Gasteiger partial charge on any atom is 0.258 e. The number of rotatable bonds is 5. The average molecular weight is 457 g/mol. The molecule has 0 bridgehead atoms. The molecule has 1 fully saturated rings. The lowest BCUT2D eigenvalue weighted by Gasteiger charge is -2.27. The number of ether oxygens (including phenoxy) is 2. The van der Waals surface area contributed by atoms with Crippen LogP contribution in [0.1, 0.15) is 31.2 Å². The zero-order valence-electron chi connectivity index (χ0n) is 16.4. The summed E-state index contributed by atoms with van der Waals surface area (Å²) in [4.78, 5) is 13.0. The van der Waals surface area contributed by atoms with Crippen molar-refractivity contribution in [3.8, 4) is 11.5 Å². The van der Waals surface area contributed by atoms with Gasteiger partial charge in [0.25, 0.3) is 5.56 Å². The van der Waals surface area contributed by atoms with Crippen molar-refractivity contribution in [2.75, 3.05) is 7.11 Å². The molecule has 152 valence electrons. The van der Waals surface area contributed by atoms with E-state index in [2.05, 4.69) is 15.9 Å². The maximum absolute atomic E-state index is 13.0. The monoisotopic (exact) mass is 456 g/mol. The molecule has 3 aromatic rings. The number of methoxy groups -OCH3 is 1.